The molecule has 0 saturated carbocycles. The molecule has 54 heavy (non-hydrogen) atoms. The number of hydrogen-bond donors (Lipinski definition) is 0. The van der Waals surface area contributed by atoms with Gasteiger partial charge in [0, 0.05) is 69.0 Å². The maximum atomic E-state index is 13.4. The number of anilines is 2. The van der Waals surface area contributed by atoms with Crippen LogP contribution in [-0.2, 0) is 30.3 Å². The van der Waals surface area contributed by atoms with E-state index in [4.69, 9.17) is 23.9 Å². The van der Waals surface area contributed by atoms with E-state index in [1.54, 1.807) is 57.6 Å². The van der Waals surface area contributed by atoms with Crippen molar-refractivity contribution in [3.05, 3.63) is 59.7 Å². The van der Waals surface area contributed by atoms with Crippen molar-refractivity contribution in [2.45, 2.75) is 58.3 Å². The molecule has 6 rings (SSSR count). The zero-order valence-electron chi connectivity index (χ0n) is 31.5. The van der Waals surface area contributed by atoms with Gasteiger partial charge < -0.3 is 38.5 Å². The predicted octanol–water partition coefficient (Wildman–Crippen LogP) is 3.10. The molecule has 3 aromatic rings. The van der Waals surface area contributed by atoms with Gasteiger partial charge in [-0.2, -0.15) is 5.26 Å². The van der Waals surface area contributed by atoms with Crippen LogP contribution >= 0.6 is 0 Å². The second-order valence-electron chi connectivity index (χ2n) is 14.8. The number of urea groups is 1. The molecule has 2 amide bonds. The van der Waals surface area contributed by atoms with Crippen molar-refractivity contribution < 1.29 is 33.3 Å². The van der Waals surface area contributed by atoms with Crippen LogP contribution in [0, 0.1) is 11.3 Å². The highest BCUT2D eigenvalue weighted by molar-refractivity contribution is 6.12. The number of piperazine rings is 1. The second kappa shape index (κ2) is 16.4. The van der Waals surface area contributed by atoms with Crippen LogP contribution in [0.25, 0.3) is 11.3 Å². The summed E-state index contributed by atoms with van der Waals surface area (Å²) in [5.74, 6) is 0.668. The predicted molar refractivity (Wildman–Crippen MR) is 197 cm³/mol. The summed E-state index contributed by atoms with van der Waals surface area (Å²) in [6.07, 6.45) is 5.04. The minimum Gasteiger partial charge on any atom is -0.458 e. The Hall–Kier alpha value is -5.24. The number of carbonyl (C=O) groups is 3. The summed E-state index contributed by atoms with van der Waals surface area (Å²) in [6.45, 7) is 13.9. The quantitative estimate of drug-likeness (QED) is 0.164. The molecule has 2 saturated heterocycles. The first kappa shape index (κ1) is 38.5. The number of carbonyl (C=O) groups excluding carboxylic acids is 3. The van der Waals surface area contributed by atoms with Crippen LogP contribution in [0.3, 0.4) is 0 Å². The third-order valence-corrected chi connectivity index (χ3v) is 9.47. The first-order chi connectivity index (χ1) is 25.9. The Labute approximate surface area is 315 Å². The molecule has 0 radical (unpaired) electrons. The van der Waals surface area contributed by atoms with E-state index >= 15 is 0 Å². The molecule has 2 fully saturated rings. The Balaban J connectivity index is 0.965. The highest BCUT2D eigenvalue weighted by Gasteiger charge is 2.45. The van der Waals surface area contributed by atoms with Crippen LogP contribution in [0.1, 0.15) is 56.2 Å². The average molecular weight is 742 g/mol. The van der Waals surface area contributed by atoms with E-state index < -0.39 is 17.1 Å². The molecule has 0 N–H and O–H groups in total. The monoisotopic (exact) mass is 741 g/mol. The van der Waals surface area contributed by atoms with Gasteiger partial charge in [0.2, 0.25) is 5.95 Å². The number of aromatic nitrogens is 4. The van der Waals surface area contributed by atoms with Gasteiger partial charge in [0.1, 0.15) is 29.8 Å². The van der Waals surface area contributed by atoms with Crippen molar-refractivity contribution in [1.29, 1.82) is 5.26 Å². The highest BCUT2D eigenvalue weighted by atomic mass is 16.6. The Morgan fingerprint density at radius 1 is 0.963 bits per heavy atom. The van der Waals surface area contributed by atoms with Crippen molar-refractivity contribution in [2.24, 2.45) is 0 Å². The number of esters is 1. The van der Waals surface area contributed by atoms with Gasteiger partial charge in [0.05, 0.1) is 55.9 Å². The number of ketones is 1. The van der Waals surface area contributed by atoms with Crippen molar-refractivity contribution in [3.63, 3.8) is 0 Å². The number of hydrogen-bond acceptors (Lipinski definition) is 14. The van der Waals surface area contributed by atoms with Crippen LogP contribution < -0.4 is 9.80 Å². The molecule has 16 nitrogen and oxygen atoms in total. The van der Waals surface area contributed by atoms with Crippen molar-refractivity contribution in [2.75, 3.05) is 82.2 Å². The van der Waals surface area contributed by atoms with Gasteiger partial charge in [-0.3, -0.25) is 4.79 Å². The largest absolute Gasteiger partial charge is 0.458 e. The van der Waals surface area contributed by atoms with Crippen molar-refractivity contribution in [3.8, 4) is 17.3 Å². The molecule has 16 heteroatoms. The third-order valence-electron chi connectivity index (χ3n) is 9.47. The minimum absolute atomic E-state index is 0.00339. The minimum atomic E-state index is -0.859. The van der Waals surface area contributed by atoms with Gasteiger partial charge in [0.25, 0.3) is 0 Å². The SMILES string of the molecule is CC(C)(C)OC(=O)COCCOCCOCCN1C[C@@H]2CN(c3ncc(-c4ccc5c(n4)N(Cc4cccnc4C#N)C(C)(C)C5=O)cn3)CCN2C1=O. The molecule has 286 valence electrons. The molecular weight excluding hydrogens is 694 g/mol. The van der Waals surface area contributed by atoms with E-state index in [1.807, 2.05) is 34.6 Å². The van der Waals surface area contributed by atoms with Crippen LogP contribution in [0.15, 0.2) is 42.9 Å². The zero-order chi connectivity index (χ0) is 38.5. The molecular formula is C38H47N9O7. The molecule has 3 aromatic heterocycles. The number of amides is 2. The van der Waals surface area contributed by atoms with Crippen LogP contribution in [0.4, 0.5) is 16.6 Å². The summed E-state index contributed by atoms with van der Waals surface area (Å²) < 4.78 is 21.7. The van der Waals surface area contributed by atoms with E-state index in [9.17, 15) is 19.6 Å². The number of ether oxygens (including phenoxy) is 4. The lowest BCUT2D eigenvalue weighted by Crippen LogP contribution is -2.52. The maximum Gasteiger partial charge on any atom is 0.332 e. The summed E-state index contributed by atoms with van der Waals surface area (Å²) in [6, 6.07) is 9.36. The second-order valence-corrected chi connectivity index (χ2v) is 14.8. The Bertz CT molecular complexity index is 1880. The van der Waals surface area contributed by atoms with Crippen LogP contribution in [0.5, 0.6) is 0 Å². The fraction of sp³-hybridized carbons (Fsp3) is 0.526. The zero-order valence-corrected chi connectivity index (χ0v) is 31.5. The fourth-order valence-corrected chi connectivity index (χ4v) is 6.72. The number of fused-ring (bicyclic) bond motifs is 2. The lowest BCUT2D eigenvalue weighted by Gasteiger charge is -2.36. The van der Waals surface area contributed by atoms with Gasteiger partial charge in [-0.1, -0.05) is 6.07 Å². The summed E-state index contributed by atoms with van der Waals surface area (Å²) in [4.78, 5) is 64.3. The molecule has 0 spiro atoms. The Morgan fingerprint density at radius 2 is 1.69 bits per heavy atom. The van der Waals surface area contributed by atoms with Crippen molar-refractivity contribution in [1.82, 2.24) is 29.7 Å². The van der Waals surface area contributed by atoms with Gasteiger partial charge in [-0.05, 0) is 52.8 Å². The normalized spacial score (nSPS) is 17.8. The fourth-order valence-electron chi connectivity index (χ4n) is 6.72. The van der Waals surface area contributed by atoms with Crippen LogP contribution in [0.2, 0.25) is 0 Å². The van der Waals surface area contributed by atoms with Crippen LogP contribution in [-0.4, -0.2) is 137 Å². The molecule has 6 heterocycles. The first-order valence-electron chi connectivity index (χ1n) is 18.1. The average Bonchev–Trinajstić information content (AvgIpc) is 3.56. The number of Topliss-reactive ketones (excluding diaryl/α,β-unsaturated/α-hetero) is 1. The number of nitrogens with zero attached hydrogens (tertiary/aromatic N) is 9. The lowest BCUT2D eigenvalue weighted by molar-refractivity contribution is -0.160. The van der Waals surface area contributed by atoms with Gasteiger partial charge in [-0.15, -0.1) is 0 Å². The summed E-state index contributed by atoms with van der Waals surface area (Å²) >= 11 is 0. The summed E-state index contributed by atoms with van der Waals surface area (Å²) in [7, 11) is 0. The smallest absolute Gasteiger partial charge is 0.332 e. The number of rotatable bonds is 15. The highest BCUT2D eigenvalue weighted by Crippen LogP contribution is 2.40. The van der Waals surface area contributed by atoms with E-state index in [-0.39, 0.29) is 31.1 Å². The summed E-state index contributed by atoms with van der Waals surface area (Å²) in [5.41, 5.74) is 1.49. The van der Waals surface area contributed by atoms with E-state index in [0.29, 0.717) is 106 Å². The van der Waals surface area contributed by atoms with E-state index in [0.717, 1.165) is 0 Å². The van der Waals surface area contributed by atoms with Gasteiger partial charge in [0.15, 0.2) is 5.78 Å². The molecule has 0 unspecified atom stereocenters. The van der Waals surface area contributed by atoms with Gasteiger partial charge >= 0.3 is 12.0 Å². The number of nitriles is 1. The van der Waals surface area contributed by atoms with Crippen molar-refractivity contribution >= 4 is 29.5 Å². The molecule has 3 aliphatic rings. The maximum absolute atomic E-state index is 13.4. The molecule has 0 aliphatic carbocycles. The number of pyridine rings is 2. The topological polar surface area (TPSA) is 176 Å². The third kappa shape index (κ3) is 8.75. The first-order valence-corrected chi connectivity index (χ1v) is 18.1. The molecule has 0 bridgehead atoms. The van der Waals surface area contributed by atoms with Gasteiger partial charge in [-0.25, -0.2) is 29.5 Å². The standard InChI is InChI=1S/C38H47N9O7/c1-37(2,3)54-32(48)25-53-18-17-52-16-15-51-14-13-45-24-28-23-44(11-12-46(28)36(45)50)35-41-20-27(21-42-35)30-9-8-29-33(49)38(4,5)47(34(29)43-30)22-26-7-6-10-40-31(26)19-39/h6-10,20-21,28H,11-18,22-25H2,1-5H3/t28-/m0/s1. The van der Waals surface area contributed by atoms with E-state index in [2.05, 4.69) is 25.9 Å². The Morgan fingerprint density at radius 3 is 2.41 bits per heavy atom. The Kier molecular flexibility index (Phi) is 11.7. The summed E-state index contributed by atoms with van der Waals surface area (Å²) in [5, 5.41) is 9.58. The molecule has 1 atom stereocenters. The van der Waals surface area contributed by atoms with E-state index in [1.165, 1.54) is 0 Å². The molecule has 3 aliphatic heterocycles. The lowest BCUT2D eigenvalue weighted by atomic mass is 9.97. The molecule has 0 aromatic carbocycles.